The van der Waals surface area contributed by atoms with Crippen molar-refractivity contribution in [1.29, 1.82) is 0 Å². The van der Waals surface area contributed by atoms with Gasteiger partial charge in [0.1, 0.15) is 23.0 Å². The minimum Gasteiger partial charge on any atom is -0.494 e. The van der Waals surface area contributed by atoms with Gasteiger partial charge in [-0.2, -0.15) is 0 Å². The Hall–Kier alpha value is -2.62. The maximum Gasteiger partial charge on any atom is 0.127 e. The first-order valence-corrected chi connectivity index (χ1v) is 10.0. The van der Waals surface area contributed by atoms with E-state index in [4.69, 9.17) is 18.9 Å². The number of ether oxygens (including phenoxy) is 4. The third-order valence-corrected chi connectivity index (χ3v) is 4.26. The van der Waals surface area contributed by atoms with E-state index in [9.17, 15) is 0 Å². The first kappa shape index (κ1) is 21.7. The predicted octanol–water partition coefficient (Wildman–Crippen LogP) is 6.07. The fourth-order valence-corrected chi connectivity index (χ4v) is 2.98. The van der Waals surface area contributed by atoms with Crippen molar-refractivity contribution in [3.8, 4) is 23.0 Å². The van der Waals surface area contributed by atoms with Crippen molar-refractivity contribution in [2.45, 2.75) is 41.5 Å². The number of benzene rings is 2. The summed E-state index contributed by atoms with van der Waals surface area (Å²) in [5.41, 5.74) is 4.06. The summed E-state index contributed by atoms with van der Waals surface area (Å²) in [6.45, 7) is 14.5. The summed E-state index contributed by atoms with van der Waals surface area (Å²) < 4.78 is 23.2. The van der Waals surface area contributed by atoms with Crippen LogP contribution in [-0.2, 0) is 0 Å². The normalized spacial score (nSPS) is 10.9. The Bertz CT molecular complexity index is 741. The van der Waals surface area contributed by atoms with E-state index in [-0.39, 0.29) is 0 Å². The maximum absolute atomic E-state index is 5.84. The molecule has 0 saturated heterocycles. The molecule has 0 spiro atoms. The molecule has 0 heterocycles. The summed E-state index contributed by atoms with van der Waals surface area (Å²) in [5, 5.41) is 0. The quantitative estimate of drug-likeness (QED) is 0.466. The summed E-state index contributed by atoms with van der Waals surface area (Å²) in [6.07, 6.45) is 4.08. The zero-order valence-electron chi connectivity index (χ0n) is 17.9. The van der Waals surface area contributed by atoms with E-state index >= 15 is 0 Å². The molecule has 0 aliphatic rings. The van der Waals surface area contributed by atoms with Gasteiger partial charge in [0.15, 0.2) is 0 Å². The summed E-state index contributed by atoms with van der Waals surface area (Å²) in [4.78, 5) is 0. The highest BCUT2D eigenvalue weighted by Gasteiger charge is 2.10. The lowest BCUT2D eigenvalue weighted by molar-refractivity contribution is 0.328. The molecule has 0 N–H and O–H groups in total. The first-order valence-electron chi connectivity index (χ1n) is 10.0. The van der Waals surface area contributed by atoms with Crippen LogP contribution in [0.25, 0.3) is 12.2 Å². The second-order valence-corrected chi connectivity index (χ2v) is 6.38. The molecule has 152 valence electrons. The van der Waals surface area contributed by atoms with Crippen LogP contribution in [0.1, 0.15) is 49.9 Å². The molecule has 0 unspecified atom stereocenters. The first-order chi connectivity index (χ1) is 13.5. The second kappa shape index (κ2) is 10.6. The van der Waals surface area contributed by atoms with Gasteiger partial charge in [0.05, 0.1) is 26.4 Å². The lowest BCUT2D eigenvalue weighted by atomic mass is 10.1. The van der Waals surface area contributed by atoms with Crippen molar-refractivity contribution in [2.75, 3.05) is 26.4 Å². The van der Waals surface area contributed by atoms with Gasteiger partial charge >= 0.3 is 0 Å². The van der Waals surface area contributed by atoms with E-state index in [1.54, 1.807) is 0 Å². The van der Waals surface area contributed by atoms with Crippen molar-refractivity contribution in [2.24, 2.45) is 0 Å². The standard InChI is InChI=1S/C24H32O4/c1-7-25-21-15-19(23(27-9-3)13-17(21)5)11-12-20-16-22(26-8-2)18(6)14-24(20)28-10-4/h11-16H,7-10H2,1-6H3/b12-11+. The van der Waals surface area contributed by atoms with Crippen molar-refractivity contribution < 1.29 is 18.9 Å². The van der Waals surface area contributed by atoms with Gasteiger partial charge in [-0.3, -0.25) is 0 Å². The van der Waals surface area contributed by atoms with Gasteiger partial charge < -0.3 is 18.9 Å². The van der Waals surface area contributed by atoms with E-state index in [1.807, 2.05) is 78.0 Å². The zero-order chi connectivity index (χ0) is 20.5. The number of aryl methyl sites for hydroxylation is 2. The Morgan fingerprint density at radius 3 is 1.18 bits per heavy atom. The third kappa shape index (κ3) is 5.44. The SMILES string of the molecule is CCOc1cc(/C=C/c2cc(OCC)c(C)cc2OCC)c(OCC)cc1C. The molecule has 2 aromatic rings. The highest BCUT2D eigenvalue weighted by molar-refractivity contribution is 5.77. The zero-order valence-corrected chi connectivity index (χ0v) is 17.9. The molecule has 0 aliphatic heterocycles. The van der Waals surface area contributed by atoms with E-state index < -0.39 is 0 Å². The van der Waals surface area contributed by atoms with Crippen molar-refractivity contribution >= 4 is 12.2 Å². The summed E-state index contributed by atoms with van der Waals surface area (Å²) >= 11 is 0. The summed E-state index contributed by atoms with van der Waals surface area (Å²) in [5.74, 6) is 3.42. The molecule has 2 aromatic carbocycles. The minimum atomic E-state index is 0.609. The van der Waals surface area contributed by atoms with Gasteiger partial charge in [-0.1, -0.05) is 12.2 Å². The largest absolute Gasteiger partial charge is 0.494 e. The lowest BCUT2D eigenvalue weighted by Crippen LogP contribution is -1.99. The van der Waals surface area contributed by atoms with Crippen molar-refractivity contribution in [1.82, 2.24) is 0 Å². The molecule has 2 rings (SSSR count). The molecule has 0 bridgehead atoms. The third-order valence-electron chi connectivity index (χ3n) is 4.26. The second-order valence-electron chi connectivity index (χ2n) is 6.38. The molecule has 0 atom stereocenters. The van der Waals surface area contributed by atoms with E-state index in [0.717, 1.165) is 45.3 Å². The van der Waals surface area contributed by atoms with Crippen LogP contribution in [0.4, 0.5) is 0 Å². The smallest absolute Gasteiger partial charge is 0.127 e. The Morgan fingerprint density at radius 2 is 0.857 bits per heavy atom. The lowest BCUT2D eigenvalue weighted by Gasteiger charge is -2.14. The van der Waals surface area contributed by atoms with Crippen molar-refractivity contribution in [3.63, 3.8) is 0 Å². The molecular formula is C24H32O4. The molecule has 0 aliphatic carbocycles. The van der Waals surface area contributed by atoms with Gasteiger partial charge in [0.25, 0.3) is 0 Å². The molecule has 4 nitrogen and oxygen atoms in total. The number of hydrogen-bond donors (Lipinski definition) is 0. The monoisotopic (exact) mass is 384 g/mol. The predicted molar refractivity (Wildman–Crippen MR) is 116 cm³/mol. The number of rotatable bonds is 10. The van der Waals surface area contributed by atoms with Gasteiger partial charge in [0.2, 0.25) is 0 Å². The van der Waals surface area contributed by atoms with Crippen LogP contribution in [0.15, 0.2) is 24.3 Å². The van der Waals surface area contributed by atoms with Gasteiger partial charge in [-0.25, -0.2) is 0 Å². The van der Waals surface area contributed by atoms with Gasteiger partial charge in [0, 0.05) is 11.1 Å². The fraction of sp³-hybridized carbons (Fsp3) is 0.417. The van der Waals surface area contributed by atoms with Crippen LogP contribution in [0.5, 0.6) is 23.0 Å². The number of hydrogen-bond acceptors (Lipinski definition) is 4. The fourth-order valence-electron chi connectivity index (χ4n) is 2.98. The molecule has 0 fully saturated rings. The highest BCUT2D eigenvalue weighted by atomic mass is 16.5. The van der Waals surface area contributed by atoms with Crippen LogP contribution < -0.4 is 18.9 Å². The Morgan fingerprint density at radius 1 is 0.536 bits per heavy atom. The Balaban J connectivity index is 2.48. The van der Waals surface area contributed by atoms with Gasteiger partial charge in [-0.15, -0.1) is 0 Å². The van der Waals surface area contributed by atoms with Crippen molar-refractivity contribution in [3.05, 3.63) is 46.5 Å². The maximum atomic E-state index is 5.84. The Kier molecular flexibility index (Phi) is 8.24. The van der Waals surface area contributed by atoms with Crippen LogP contribution in [0.2, 0.25) is 0 Å². The minimum absolute atomic E-state index is 0.609. The highest BCUT2D eigenvalue weighted by Crippen LogP contribution is 2.33. The topological polar surface area (TPSA) is 36.9 Å². The molecule has 0 saturated carbocycles. The van der Waals surface area contributed by atoms with E-state index in [1.165, 1.54) is 0 Å². The molecule has 4 heteroatoms. The van der Waals surface area contributed by atoms with Gasteiger partial charge in [-0.05, 0) is 76.9 Å². The van der Waals surface area contributed by atoms with Crippen LogP contribution in [0, 0.1) is 13.8 Å². The van der Waals surface area contributed by atoms with Crippen LogP contribution in [-0.4, -0.2) is 26.4 Å². The average Bonchev–Trinajstić information content (AvgIpc) is 2.66. The molecule has 0 radical (unpaired) electrons. The molecule has 28 heavy (non-hydrogen) atoms. The molecule has 0 aromatic heterocycles. The van der Waals surface area contributed by atoms with Crippen LogP contribution >= 0.6 is 0 Å². The average molecular weight is 385 g/mol. The Labute approximate surface area is 169 Å². The molecular weight excluding hydrogens is 352 g/mol. The summed E-state index contributed by atoms with van der Waals surface area (Å²) in [6, 6.07) is 8.10. The summed E-state index contributed by atoms with van der Waals surface area (Å²) in [7, 11) is 0. The van der Waals surface area contributed by atoms with E-state index in [0.29, 0.717) is 26.4 Å². The molecule has 0 amide bonds. The van der Waals surface area contributed by atoms with E-state index in [2.05, 4.69) is 0 Å². The van der Waals surface area contributed by atoms with Crippen LogP contribution in [0.3, 0.4) is 0 Å².